The number of H-pyrrole nitrogens is 1. The molecule has 1 saturated heterocycles. The largest absolute Gasteiger partial charge is 0.474 e. The topological polar surface area (TPSA) is 97.8 Å². The van der Waals surface area contributed by atoms with Crippen molar-refractivity contribution in [2.45, 2.75) is 38.9 Å². The Labute approximate surface area is 186 Å². The number of hydrogen-bond donors (Lipinski definition) is 2. The number of aromatic amines is 1. The van der Waals surface area contributed by atoms with Crippen LogP contribution in [-0.2, 0) is 0 Å². The van der Waals surface area contributed by atoms with Crippen molar-refractivity contribution in [2.75, 3.05) is 13.1 Å². The third kappa shape index (κ3) is 4.40. The second-order valence-corrected chi connectivity index (χ2v) is 8.20. The Hall–Kier alpha value is -3.52. The van der Waals surface area contributed by atoms with E-state index in [1.54, 1.807) is 24.8 Å². The average Bonchev–Trinajstić information content (AvgIpc) is 3.23. The fourth-order valence-corrected chi connectivity index (χ4v) is 3.90. The van der Waals surface area contributed by atoms with Crippen LogP contribution in [0.15, 0.2) is 49.2 Å². The number of nitrogens with one attached hydrogen (secondary N) is 2. The van der Waals surface area contributed by atoms with Crippen LogP contribution in [0.25, 0.3) is 33.4 Å². The van der Waals surface area contributed by atoms with E-state index in [1.807, 2.05) is 32.2 Å². The summed E-state index contributed by atoms with van der Waals surface area (Å²) in [5.74, 6) is 1.06. The predicted molar refractivity (Wildman–Crippen MR) is 123 cm³/mol. The van der Waals surface area contributed by atoms with Crippen LogP contribution >= 0.6 is 0 Å². The van der Waals surface area contributed by atoms with E-state index in [2.05, 4.69) is 31.3 Å². The van der Waals surface area contributed by atoms with Crippen LogP contribution in [0.3, 0.4) is 0 Å². The fourth-order valence-electron chi connectivity index (χ4n) is 3.90. The number of fused-ring (bicyclic) bond motifs is 1. The number of nitrogens with zero attached hydrogens (tertiary/aromatic N) is 4. The Balaban J connectivity index is 1.46. The molecule has 0 amide bonds. The number of rotatable bonds is 6. The zero-order valence-corrected chi connectivity index (χ0v) is 18.2. The Morgan fingerprint density at radius 2 is 1.81 bits per heavy atom. The minimum absolute atomic E-state index is 0.0377. The number of aromatic nitrogens is 5. The summed E-state index contributed by atoms with van der Waals surface area (Å²) in [6.45, 7) is 5.81. The fraction of sp³-hybridized carbons (Fsp3) is 0.333. The molecule has 0 saturated carbocycles. The van der Waals surface area contributed by atoms with Crippen LogP contribution in [0.2, 0.25) is 0 Å². The van der Waals surface area contributed by atoms with Gasteiger partial charge in [-0.3, -0.25) is 9.97 Å². The van der Waals surface area contributed by atoms with Gasteiger partial charge in [0.05, 0.1) is 42.3 Å². The molecule has 1 fully saturated rings. The smallest absolute Gasteiger partial charge is 0.233 e. The van der Waals surface area contributed by atoms with E-state index in [0.29, 0.717) is 11.8 Å². The van der Waals surface area contributed by atoms with E-state index in [-0.39, 0.29) is 12.2 Å². The van der Waals surface area contributed by atoms with Crippen molar-refractivity contribution in [1.82, 2.24) is 30.2 Å². The molecule has 1 unspecified atom stereocenters. The maximum atomic E-state index is 6.07. The summed E-state index contributed by atoms with van der Waals surface area (Å²) in [6.07, 6.45) is 11.1. The van der Waals surface area contributed by atoms with E-state index in [1.165, 1.54) is 0 Å². The number of piperidine rings is 1. The lowest BCUT2D eigenvalue weighted by Crippen LogP contribution is -2.37. The highest BCUT2D eigenvalue weighted by atomic mass is 16.5. The molecule has 1 aliphatic heterocycles. The molecule has 164 valence electrons. The van der Waals surface area contributed by atoms with Gasteiger partial charge < -0.3 is 19.8 Å². The molecule has 2 N–H and O–H groups in total. The van der Waals surface area contributed by atoms with Crippen LogP contribution in [0, 0.1) is 0 Å². The Morgan fingerprint density at radius 3 is 2.62 bits per heavy atom. The van der Waals surface area contributed by atoms with Gasteiger partial charge in [0.1, 0.15) is 6.10 Å². The first-order valence-electron chi connectivity index (χ1n) is 11.0. The Bertz CT molecular complexity index is 1220. The third-order valence-electron chi connectivity index (χ3n) is 5.37. The summed E-state index contributed by atoms with van der Waals surface area (Å²) in [4.78, 5) is 21.3. The lowest BCUT2D eigenvalue weighted by molar-refractivity contribution is 0.160. The van der Waals surface area contributed by atoms with Gasteiger partial charge >= 0.3 is 0 Å². The van der Waals surface area contributed by atoms with Gasteiger partial charge in [0.15, 0.2) is 0 Å². The number of hydrogen-bond acceptors (Lipinski definition) is 7. The minimum atomic E-state index is 0.0377. The highest BCUT2D eigenvalue weighted by molar-refractivity contribution is 5.96. The van der Waals surface area contributed by atoms with Gasteiger partial charge in [-0.1, -0.05) is 6.07 Å². The number of benzene rings is 1. The molecular weight excluding hydrogens is 404 g/mol. The monoisotopic (exact) mass is 430 g/mol. The highest BCUT2D eigenvalue weighted by Crippen LogP contribution is 2.31. The molecule has 32 heavy (non-hydrogen) atoms. The summed E-state index contributed by atoms with van der Waals surface area (Å²) < 4.78 is 11.8. The zero-order valence-electron chi connectivity index (χ0n) is 18.2. The summed E-state index contributed by atoms with van der Waals surface area (Å²) in [5.41, 5.74) is 4.44. The van der Waals surface area contributed by atoms with Crippen molar-refractivity contribution in [3.05, 3.63) is 49.2 Å². The molecule has 0 radical (unpaired) electrons. The summed E-state index contributed by atoms with van der Waals surface area (Å²) in [5, 5.41) is 4.39. The van der Waals surface area contributed by atoms with E-state index in [9.17, 15) is 0 Å². The lowest BCUT2D eigenvalue weighted by Gasteiger charge is -2.23. The highest BCUT2D eigenvalue weighted by Gasteiger charge is 2.16. The van der Waals surface area contributed by atoms with Crippen LogP contribution in [0.4, 0.5) is 0 Å². The molecule has 3 aromatic heterocycles. The van der Waals surface area contributed by atoms with Crippen LogP contribution in [-0.4, -0.2) is 50.2 Å². The quantitative estimate of drug-likeness (QED) is 0.477. The molecule has 8 nitrogen and oxygen atoms in total. The van der Waals surface area contributed by atoms with Crippen molar-refractivity contribution in [2.24, 2.45) is 0 Å². The van der Waals surface area contributed by atoms with Gasteiger partial charge in [0, 0.05) is 34.8 Å². The Kier molecular flexibility index (Phi) is 5.68. The number of ether oxygens (including phenoxy) is 2. The molecule has 0 aliphatic carbocycles. The van der Waals surface area contributed by atoms with Gasteiger partial charge in [-0.05, 0) is 45.4 Å². The van der Waals surface area contributed by atoms with Gasteiger partial charge in [-0.25, -0.2) is 9.97 Å². The predicted octanol–water partition coefficient (Wildman–Crippen LogP) is 4.00. The van der Waals surface area contributed by atoms with E-state index in [0.717, 1.165) is 59.3 Å². The van der Waals surface area contributed by atoms with E-state index < -0.39 is 0 Å². The molecule has 4 heterocycles. The van der Waals surface area contributed by atoms with Crippen LogP contribution in [0.5, 0.6) is 11.8 Å². The molecule has 0 spiro atoms. The van der Waals surface area contributed by atoms with Gasteiger partial charge in [0.2, 0.25) is 11.8 Å². The van der Waals surface area contributed by atoms with E-state index in [4.69, 9.17) is 14.5 Å². The molecular formula is C24H26N6O2. The second kappa shape index (κ2) is 8.92. The summed E-state index contributed by atoms with van der Waals surface area (Å²) >= 11 is 0. The van der Waals surface area contributed by atoms with Crippen molar-refractivity contribution >= 4 is 10.9 Å². The standard InChI is InChI=1S/C24H26N6O2/c1-15(2)31-23-13-26-11-21(29-23)16-5-6-20-18(8-16)19(10-28-20)22-12-27-14-24(30-22)32-17-4-3-7-25-9-17/h5-6,8,10-15,17,25,28H,3-4,7,9H2,1-2H3. The summed E-state index contributed by atoms with van der Waals surface area (Å²) in [6, 6.07) is 6.14. The van der Waals surface area contributed by atoms with E-state index >= 15 is 0 Å². The first kappa shape index (κ1) is 20.4. The normalized spacial score (nSPS) is 16.4. The van der Waals surface area contributed by atoms with Crippen LogP contribution in [0.1, 0.15) is 26.7 Å². The third-order valence-corrected chi connectivity index (χ3v) is 5.37. The zero-order chi connectivity index (χ0) is 21.9. The molecule has 8 heteroatoms. The maximum Gasteiger partial charge on any atom is 0.233 e. The molecule has 1 aromatic carbocycles. The molecule has 4 aromatic rings. The van der Waals surface area contributed by atoms with Gasteiger partial charge in [-0.15, -0.1) is 0 Å². The maximum absolute atomic E-state index is 6.07. The molecule has 0 bridgehead atoms. The lowest BCUT2D eigenvalue weighted by atomic mass is 10.1. The molecule has 1 aliphatic rings. The Morgan fingerprint density at radius 1 is 1.00 bits per heavy atom. The van der Waals surface area contributed by atoms with Crippen LogP contribution < -0.4 is 14.8 Å². The van der Waals surface area contributed by atoms with Crippen molar-refractivity contribution < 1.29 is 9.47 Å². The SMILES string of the molecule is CC(C)Oc1cncc(-c2ccc3[nH]cc(-c4cncc(OC5CCCNC5)n4)c3c2)n1. The van der Waals surface area contributed by atoms with Gasteiger partial charge in [-0.2, -0.15) is 0 Å². The average molecular weight is 431 g/mol. The van der Waals surface area contributed by atoms with Crippen molar-refractivity contribution in [3.8, 4) is 34.3 Å². The first-order chi connectivity index (χ1) is 15.7. The molecule has 1 atom stereocenters. The second-order valence-electron chi connectivity index (χ2n) is 8.20. The van der Waals surface area contributed by atoms with Gasteiger partial charge in [0.25, 0.3) is 0 Å². The first-order valence-corrected chi connectivity index (χ1v) is 11.0. The van der Waals surface area contributed by atoms with Crippen molar-refractivity contribution in [3.63, 3.8) is 0 Å². The summed E-state index contributed by atoms with van der Waals surface area (Å²) in [7, 11) is 0. The minimum Gasteiger partial charge on any atom is -0.474 e. The molecule has 5 rings (SSSR count). The van der Waals surface area contributed by atoms with Crippen molar-refractivity contribution in [1.29, 1.82) is 0 Å².